The van der Waals surface area contributed by atoms with Gasteiger partial charge >= 0.3 is 0 Å². The summed E-state index contributed by atoms with van der Waals surface area (Å²) in [6.45, 7) is 1.92. The first-order valence-electron chi connectivity index (χ1n) is 8.32. The molecule has 1 aliphatic heterocycles. The Bertz CT molecular complexity index is 888. The molecule has 0 bridgehead atoms. The Morgan fingerprint density at radius 1 is 1.20 bits per heavy atom. The van der Waals surface area contributed by atoms with Crippen LogP contribution in [0, 0.1) is 5.82 Å². The molecular formula is C19H18FN3OS. The first kappa shape index (κ1) is 16.0. The third-order valence-corrected chi connectivity index (χ3v) is 5.45. The molecule has 4 nitrogen and oxygen atoms in total. The van der Waals surface area contributed by atoms with Crippen molar-refractivity contribution in [3.05, 3.63) is 65.2 Å². The van der Waals surface area contributed by atoms with Crippen LogP contribution in [0.25, 0.3) is 10.6 Å². The van der Waals surface area contributed by atoms with Gasteiger partial charge in [-0.15, -0.1) is 11.3 Å². The van der Waals surface area contributed by atoms with E-state index in [0.29, 0.717) is 31.5 Å². The Morgan fingerprint density at radius 3 is 2.88 bits per heavy atom. The van der Waals surface area contributed by atoms with Crippen molar-refractivity contribution in [1.29, 1.82) is 0 Å². The number of fused-ring (bicyclic) bond motifs is 1. The number of halogens is 1. The zero-order valence-electron chi connectivity index (χ0n) is 13.7. The molecule has 2 aromatic heterocycles. The molecule has 0 unspecified atom stereocenters. The molecule has 0 aliphatic carbocycles. The van der Waals surface area contributed by atoms with Crippen LogP contribution in [0.3, 0.4) is 0 Å². The summed E-state index contributed by atoms with van der Waals surface area (Å²) < 4.78 is 15.9. The fourth-order valence-corrected chi connectivity index (χ4v) is 3.94. The van der Waals surface area contributed by atoms with E-state index in [0.717, 1.165) is 18.1 Å². The number of rotatable bonds is 4. The van der Waals surface area contributed by atoms with E-state index in [4.69, 9.17) is 0 Å². The smallest absolute Gasteiger partial charge is 0.223 e. The third kappa shape index (κ3) is 3.22. The van der Waals surface area contributed by atoms with Crippen LogP contribution >= 0.6 is 11.3 Å². The number of benzene rings is 1. The van der Waals surface area contributed by atoms with Crippen molar-refractivity contribution >= 4 is 17.2 Å². The summed E-state index contributed by atoms with van der Waals surface area (Å²) in [6.07, 6.45) is 2.63. The minimum Gasteiger partial charge on any atom is -0.333 e. The maximum Gasteiger partial charge on any atom is 0.223 e. The molecule has 3 heterocycles. The van der Waals surface area contributed by atoms with E-state index >= 15 is 0 Å². The number of amides is 1. The lowest BCUT2D eigenvalue weighted by atomic mass is 10.1. The number of nitrogens with zero attached hydrogens (tertiary/aromatic N) is 3. The Balaban J connectivity index is 1.42. The fourth-order valence-electron chi connectivity index (χ4n) is 3.19. The monoisotopic (exact) mass is 355 g/mol. The van der Waals surface area contributed by atoms with Crippen LogP contribution in [0.5, 0.6) is 0 Å². The first-order valence-corrected chi connectivity index (χ1v) is 9.20. The Morgan fingerprint density at radius 2 is 2.08 bits per heavy atom. The van der Waals surface area contributed by atoms with E-state index in [1.807, 2.05) is 17.2 Å². The number of aromatic nitrogens is 2. The van der Waals surface area contributed by atoms with Crippen molar-refractivity contribution in [2.45, 2.75) is 25.9 Å². The maximum absolute atomic E-state index is 13.7. The SMILES string of the molecule is O=C(CCc1ccccc1F)N1CCn2c(-c3cccs3)cnc2C1. The molecule has 0 atom stereocenters. The highest BCUT2D eigenvalue weighted by Gasteiger charge is 2.24. The number of hydrogen-bond acceptors (Lipinski definition) is 3. The summed E-state index contributed by atoms with van der Waals surface area (Å²) in [6, 6.07) is 10.7. The highest BCUT2D eigenvalue weighted by molar-refractivity contribution is 7.13. The summed E-state index contributed by atoms with van der Waals surface area (Å²) in [4.78, 5) is 20.0. The number of hydrogen-bond donors (Lipinski definition) is 0. The van der Waals surface area contributed by atoms with E-state index in [2.05, 4.69) is 21.0 Å². The highest BCUT2D eigenvalue weighted by Crippen LogP contribution is 2.27. The quantitative estimate of drug-likeness (QED) is 0.715. The molecular weight excluding hydrogens is 337 g/mol. The summed E-state index contributed by atoms with van der Waals surface area (Å²) in [7, 11) is 0. The molecule has 0 spiro atoms. The second-order valence-electron chi connectivity index (χ2n) is 6.10. The number of aryl methyl sites for hydroxylation is 1. The van der Waals surface area contributed by atoms with Gasteiger partial charge in [-0.05, 0) is 29.5 Å². The second kappa shape index (κ2) is 6.80. The molecule has 4 rings (SSSR count). The van der Waals surface area contributed by atoms with Crippen LogP contribution in [-0.4, -0.2) is 26.9 Å². The van der Waals surface area contributed by atoms with Gasteiger partial charge in [-0.2, -0.15) is 0 Å². The Hall–Kier alpha value is -2.47. The predicted molar refractivity (Wildman–Crippen MR) is 95.7 cm³/mol. The molecule has 0 N–H and O–H groups in total. The van der Waals surface area contributed by atoms with Crippen molar-refractivity contribution in [3.63, 3.8) is 0 Å². The fraction of sp³-hybridized carbons (Fsp3) is 0.263. The van der Waals surface area contributed by atoms with Gasteiger partial charge in [0.25, 0.3) is 0 Å². The minimum absolute atomic E-state index is 0.0511. The van der Waals surface area contributed by atoms with Gasteiger partial charge in [0.05, 0.1) is 23.3 Å². The molecule has 0 radical (unpaired) electrons. The van der Waals surface area contributed by atoms with Gasteiger partial charge in [0, 0.05) is 19.5 Å². The van der Waals surface area contributed by atoms with Crippen LogP contribution < -0.4 is 0 Å². The molecule has 25 heavy (non-hydrogen) atoms. The van der Waals surface area contributed by atoms with E-state index in [-0.39, 0.29) is 11.7 Å². The summed E-state index contributed by atoms with van der Waals surface area (Å²) in [5.41, 5.74) is 1.71. The van der Waals surface area contributed by atoms with E-state index in [1.165, 1.54) is 10.9 Å². The summed E-state index contributed by atoms with van der Waals surface area (Å²) in [5.74, 6) is 0.717. The highest BCUT2D eigenvalue weighted by atomic mass is 32.1. The van der Waals surface area contributed by atoms with Gasteiger partial charge in [0.1, 0.15) is 11.6 Å². The van der Waals surface area contributed by atoms with Gasteiger partial charge in [0.2, 0.25) is 5.91 Å². The largest absolute Gasteiger partial charge is 0.333 e. The number of imidazole rings is 1. The first-order chi connectivity index (χ1) is 12.2. The summed E-state index contributed by atoms with van der Waals surface area (Å²) in [5, 5.41) is 2.05. The third-order valence-electron chi connectivity index (χ3n) is 4.56. The molecule has 1 amide bonds. The van der Waals surface area contributed by atoms with Crippen LogP contribution in [0.1, 0.15) is 17.8 Å². The van der Waals surface area contributed by atoms with Crippen LogP contribution in [-0.2, 0) is 24.3 Å². The van der Waals surface area contributed by atoms with Crippen molar-refractivity contribution < 1.29 is 9.18 Å². The molecule has 0 saturated heterocycles. The second-order valence-corrected chi connectivity index (χ2v) is 7.04. The van der Waals surface area contributed by atoms with Crippen LogP contribution in [0.4, 0.5) is 4.39 Å². The minimum atomic E-state index is -0.245. The van der Waals surface area contributed by atoms with Crippen molar-refractivity contribution in [1.82, 2.24) is 14.5 Å². The van der Waals surface area contributed by atoms with Gasteiger partial charge in [-0.25, -0.2) is 9.37 Å². The average Bonchev–Trinajstić information content (AvgIpc) is 3.29. The van der Waals surface area contributed by atoms with Gasteiger partial charge in [-0.3, -0.25) is 4.79 Å². The number of carbonyl (C=O) groups is 1. The molecule has 1 aromatic carbocycles. The lowest BCUT2D eigenvalue weighted by Gasteiger charge is -2.28. The van der Waals surface area contributed by atoms with E-state index in [1.54, 1.807) is 29.5 Å². The maximum atomic E-state index is 13.7. The summed E-state index contributed by atoms with van der Waals surface area (Å²) >= 11 is 1.69. The number of carbonyl (C=O) groups excluding carboxylic acids is 1. The van der Waals surface area contributed by atoms with E-state index in [9.17, 15) is 9.18 Å². The lowest BCUT2D eigenvalue weighted by Crippen LogP contribution is -2.38. The van der Waals surface area contributed by atoms with Crippen molar-refractivity contribution in [2.75, 3.05) is 6.54 Å². The molecule has 128 valence electrons. The molecule has 6 heteroatoms. The zero-order valence-corrected chi connectivity index (χ0v) is 14.5. The Labute approximate surface area is 149 Å². The topological polar surface area (TPSA) is 38.1 Å². The Kier molecular flexibility index (Phi) is 4.36. The van der Waals surface area contributed by atoms with Gasteiger partial charge in [0.15, 0.2) is 0 Å². The normalized spacial score (nSPS) is 13.7. The lowest BCUT2D eigenvalue weighted by molar-refractivity contribution is -0.132. The van der Waals surface area contributed by atoms with Crippen molar-refractivity contribution in [3.8, 4) is 10.6 Å². The molecule has 3 aromatic rings. The number of thiophene rings is 1. The van der Waals surface area contributed by atoms with E-state index < -0.39 is 0 Å². The molecule has 0 saturated carbocycles. The zero-order chi connectivity index (χ0) is 17.2. The molecule has 1 aliphatic rings. The standard InChI is InChI=1S/C19H18FN3OS/c20-15-5-2-1-4-14(15)7-8-19(24)22-9-10-23-16(12-21-18(23)13-22)17-6-3-11-25-17/h1-6,11-12H,7-10,13H2. The van der Waals surface area contributed by atoms with Crippen molar-refractivity contribution in [2.24, 2.45) is 0 Å². The van der Waals surface area contributed by atoms with Crippen LogP contribution in [0.2, 0.25) is 0 Å². The van der Waals surface area contributed by atoms with Gasteiger partial charge < -0.3 is 9.47 Å². The predicted octanol–water partition coefficient (Wildman–Crippen LogP) is 3.73. The van der Waals surface area contributed by atoms with Crippen LogP contribution in [0.15, 0.2) is 48.0 Å². The average molecular weight is 355 g/mol. The van der Waals surface area contributed by atoms with Gasteiger partial charge in [-0.1, -0.05) is 24.3 Å². The molecule has 0 fully saturated rings.